The number of hydrogen-bond acceptors (Lipinski definition) is 5. The van der Waals surface area contributed by atoms with Crippen LogP contribution in [-0.4, -0.2) is 47.5 Å². The maximum atomic E-state index is 13.6. The molecule has 1 aliphatic rings. The van der Waals surface area contributed by atoms with Crippen molar-refractivity contribution in [1.29, 1.82) is 0 Å². The molecule has 32 heavy (non-hydrogen) atoms. The first kappa shape index (κ1) is 23.1. The summed E-state index contributed by atoms with van der Waals surface area (Å²) in [4.78, 5) is 49.3. The van der Waals surface area contributed by atoms with Gasteiger partial charge in [-0.05, 0) is 47.7 Å². The number of thioether (sulfide) groups is 1. The molecule has 2 N–H and O–H groups in total. The Morgan fingerprint density at radius 3 is 2.34 bits per heavy atom. The van der Waals surface area contributed by atoms with Gasteiger partial charge in [-0.2, -0.15) is 0 Å². The van der Waals surface area contributed by atoms with E-state index in [0.29, 0.717) is 11.6 Å². The fraction of sp³-hybridized carbons (Fsp3) is 0.143. The zero-order valence-electron chi connectivity index (χ0n) is 16.4. The predicted molar refractivity (Wildman–Crippen MR) is 111 cm³/mol. The lowest BCUT2D eigenvalue weighted by atomic mass is 10.2. The highest BCUT2D eigenvalue weighted by molar-refractivity contribution is 8.18. The zero-order valence-corrected chi connectivity index (χ0v) is 17.2. The summed E-state index contributed by atoms with van der Waals surface area (Å²) in [6.45, 7) is -0.652. The van der Waals surface area contributed by atoms with E-state index in [2.05, 4.69) is 10.6 Å². The molecule has 1 heterocycles. The number of nitrogens with zero attached hydrogens (tertiary/aromatic N) is 1. The fourth-order valence-corrected chi connectivity index (χ4v) is 3.57. The van der Waals surface area contributed by atoms with Crippen molar-refractivity contribution in [3.8, 4) is 0 Å². The van der Waals surface area contributed by atoms with Crippen LogP contribution in [0.3, 0.4) is 0 Å². The van der Waals surface area contributed by atoms with E-state index >= 15 is 0 Å². The third-order valence-electron chi connectivity index (χ3n) is 4.28. The van der Waals surface area contributed by atoms with Crippen molar-refractivity contribution in [3.05, 3.63) is 75.9 Å². The molecule has 2 aromatic carbocycles. The highest BCUT2D eigenvalue weighted by atomic mass is 32.2. The van der Waals surface area contributed by atoms with E-state index < -0.39 is 52.5 Å². The highest BCUT2D eigenvalue weighted by Crippen LogP contribution is 2.31. The van der Waals surface area contributed by atoms with Crippen LogP contribution in [0.5, 0.6) is 0 Å². The summed E-state index contributed by atoms with van der Waals surface area (Å²) in [6.07, 6.45) is 1.47. The molecular formula is C21H16F3N3O4S. The quantitative estimate of drug-likeness (QED) is 0.616. The highest BCUT2D eigenvalue weighted by Gasteiger charge is 2.34. The third kappa shape index (κ3) is 5.76. The SMILES string of the molecule is O=C(CNC(=O)c1ccc(F)cc1F)NCCN1C(=O)S/C(=C\c2ccc(F)cc2)C1=O. The molecule has 0 aromatic heterocycles. The molecule has 0 radical (unpaired) electrons. The van der Waals surface area contributed by atoms with Gasteiger partial charge in [0.2, 0.25) is 5.91 Å². The maximum absolute atomic E-state index is 13.6. The largest absolute Gasteiger partial charge is 0.353 e. The third-order valence-corrected chi connectivity index (χ3v) is 5.19. The van der Waals surface area contributed by atoms with Crippen molar-refractivity contribution < 1.29 is 32.3 Å². The molecule has 166 valence electrons. The van der Waals surface area contributed by atoms with Gasteiger partial charge in [0.25, 0.3) is 17.1 Å². The number of carbonyl (C=O) groups is 4. The smallest absolute Gasteiger partial charge is 0.293 e. The number of hydrogen-bond donors (Lipinski definition) is 2. The maximum Gasteiger partial charge on any atom is 0.293 e. The van der Waals surface area contributed by atoms with E-state index in [0.717, 1.165) is 28.8 Å². The summed E-state index contributed by atoms with van der Waals surface area (Å²) in [7, 11) is 0. The summed E-state index contributed by atoms with van der Waals surface area (Å²) in [5.74, 6) is -4.39. The van der Waals surface area contributed by atoms with Gasteiger partial charge in [0.05, 0.1) is 17.0 Å². The van der Waals surface area contributed by atoms with Gasteiger partial charge in [-0.15, -0.1) is 0 Å². The number of rotatable bonds is 7. The van der Waals surface area contributed by atoms with E-state index in [-0.39, 0.29) is 18.0 Å². The molecule has 1 saturated heterocycles. The second-order valence-corrected chi connectivity index (χ2v) is 7.53. The Labute approximate surface area is 184 Å². The van der Waals surface area contributed by atoms with Crippen LogP contribution >= 0.6 is 11.8 Å². The topological polar surface area (TPSA) is 95.6 Å². The normalized spacial score (nSPS) is 14.7. The Balaban J connectivity index is 1.46. The summed E-state index contributed by atoms with van der Waals surface area (Å²) >= 11 is 0.727. The molecule has 3 rings (SSSR count). The van der Waals surface area contributed by atoms with Crippen LogP contribution in [-0.2, 0) is 9.59 Å². The molecule has 0 saturated carbocycles. The summed E-state index contributed by atoms with van der Waals surface area (Å²) in [5.41, 5.74) is 0.142. The lowest BCUT2D eigenvalue weighted by Crippen LogP contribution is -2.41. The molecule has 0 bridgehead atoms. The Kier molecular flexibility index (Phi) is 7.31. The average molecular weight is 463 g/mol. The number of amides is 4. The summed E-state index contributed by atoms with van der Waals surface area (Å²) in [6, 6.07) is 7.82. The van der Waals surface area contributed by atoms with E-state index in [9.17, 15) is 32.3 Å². The number of halogens is 3. The lowest BCUT2D eigenvalue weighted by molar-refractivity contribution is -0.124. The van der Waals surface area contributed by atoms with Gasteiger partial charge in [0.15, 0.2) is 0 Å². The van der Waals surface area contributed by atoms with Gasteiger partial charge >= 0.3 is 0 Å². The minimum absolute atomic E-state index is 0.0680. The first-order valence-electron chi connectivity index (χ1n) is 9.25. The molecule has 11 heteroatoms. The molecule has 1 fully saturated rings. The van der Waals surface area contributed by atoms with Crippen LogP contribution < -0.4 is 10.6 Å². The fourth-order valence-electron chi connectivity index (χ4n) is 2.70. The molecule has 4 amide bonds. The van der Waals surface area contributed by atoms with Crippen LogP contribution in [0.1, 0.15) is 15.9 Å². The molecule has 0 unspecified atom stereocenters. The van der Waals surface area contributed by atoms with E-state index in [1.165, 1.54) is 30.3 Å². The Bertz CT molecular complexity index is 1110. The summed E-state index contributed by atoms with van der Waals surface area (Å²) < 4.78 is 39.4. The number of nitrogens with one attached hydrogen (secondary N) is 2. The minimum atomic E-state index is -1.06. The molecule has 0 atom stereocenters. The van der Waals surface area contributed by atoms with E-state index in [4.69, 9.17) is 0 Å². The monoisotopic (exact) mass is 463 g/mol. The molecule has 7 nitrogen and oxygen atoms in total. The minimum Gasteiger partial charge on any atom is -0.353 e. The number of imide groups is 1. The Hall–Kier alpha value is -3.60. The van der Waals surface area contributed by atoms with Crippen molar-refractivity contribution in [2.45, 2.75) is 0 Å². The Morgan fingerprint density at radius 2 is 1.66 bits per heavy atom. The van der Waals surface area contributed by atoms with Crippen LogP contribution in [0.4, 0.5) is 18.0 Å². The van der Waals surface area contributed by atoms with Crippen LogP contribution in [0.15, 0.2) is 47.4 Å². The van der Waals surface area contributed by atoms with Gasteiger partial charge < -0.3 is 10.6 Å². The molecule has 0 aliphatic carbocycles. The first-order chi connectivity index (χ1) is 15.2. The standard InChI is InChI=1S/C21H16F3N3O4S/c22-13-3-1-12(2-4-13)9-17-20(30)27(21(31)32-17)8-7-25-18(28)11-26-19(29)15-6-5-14(23)10-16(15)24/h1-6,9-10H,7-8,11H2,(H,25,28)(H,26,29)/b17-9-. The summed E-state index contributed by atoms with van der Waals surface area (Å²) in [5, 5.41) is 4.10. The van der Waals surface area contributed by atoms with Gasteiger partial charge in [0, 0.05) is 19.2 Å². The van der Waals surface area contributed by atoms with Gasteiger partial charge in [-0.3, -0.25) is 24.1 Å². The van der Waals surface area contributed by atoms with Crippen molar-refractivity contribution >= 4 is 40.8 Å². The predicted octanol–water partition coefficient (Wildman–Crippen LogP) is 2.69. The number of carbonyl (C=O) groups excluding carboxylic acids is 4. The van der Waals surface area contributed by atoms with Crippen LogP contribution in [0.25, 0.3) is 6.08 Å². The van der Waals surface area contributed by atoms with Crippen molar-refractivity contribution in [1.82, 2.24) is 15.5 Å². The van der Waals surface area contributed by atoms with Gasteiger partial charge in [0.1, 0.15) is 17.5 Å². The molecular weight excluding hydrogens is 447 g/mol. The van der Waals surface area contributed by atoms with Crippen molar-refractivity contribution in [2.24, 2.45) is 0 Å². The van der Waals surface area contributed by atoms with Crippen LogP contribution in [0, 0.1) is 17.5 Å². The zero-order chi connectivity index (χ0) is 23.3. The van der Waals surface area contributed by atoms with E-state index in [1.807, 2.05) is 0 Å². The second-order valence-electron chi connectivity index (χ2n) is 6.54. The van der Waals surface area contributed by atoms with Gasteiger partial charge in [-0.25, -0.2) is 13.2 Å². The van der Waals surface area contributed by atoms with Crippen molar-refractivity contribution in [3.63, 3.8) is 0 Å². The van der Waals surface area contributed by atoms with E-state index in [1.54, 1.807) is 0 Å². The Morgan fingerprint density at radius 1 is 0.969 bits per heavy atom. The van der Waals surface area contributed by atoms with Crippen LogP contribution in [0.2, 0.25) is 0 Å². The lowest BCUT2D eigenvalue weighted by Gasteiger charge is -2.13. The second kappa shape index (κ2) is 10.1. The number of benzene rings is 2. The average Bonchev–Trinajstić information content (AvgIpc) is 3.01. The first-order valence-corrected chi connectivity index (χ1v) is 10.1. The molecule has 2 aromatic rings. The molecule has 0 spiro atoms. The molecule has 1 aliphatic heterocycles. The van der Waals surface area contributed by atoms with Crippen molar-refractivity contribution in [2.75, 3.05) is 19.6 Å². The van der Waals surface area contributed by atoms with Gasteiger partial charge in [-0.1, -0.05) is 12.1 Å².